The van der Waals surface area contributed by atoms with E-state index in [2.05, 4.69) is 20.6 Å². The second-order valence-electron chi connectivity index (χ2n) is 6.21. The molecule has 2 aliphatic rings. The Balaban J connectivity index is 1.78. The zero-order valence-electron chi connectivity index (χ0n) is 12.4. The number of anilines is 2. The predicted octanol–water partition coefficient (Wildman–Crippen LogP) is 2.42. The number of aliphatic hydroxyl groups is 1. The van der Waals surface area contributed by atoms with Gasteiger partial charge in [0.05, 0.1) is 5.60 Å². The van der Waals surface area contributed by atoms with Gasteiger partial charge in [-0.25, -0.2) is 9.97 Å². The number of nitrogens with one attached hydrogen (secondary N) is 2. The zero-order valence-corrected chi connectivity index (χ0v) is 12.4. The number of aromatic nitrogens is 2. The smallest absolute Gasteiger partial charge is 0.136 e. The normalized spacial score (nSPS) is 20.9. The highest BCUT2D eigenvalue weighted by molar-refractivity contribution is 5.57. The third-order valence-electron chi connectivity index (χ3n) is 4.46. The highest BCUT2D eigenvalue weighted by Crippen LogP contribution is 2.39. The van der Waals surface area contributed by atoms with E-state index in [1.54, 1.807) is 0 Å². The quantitative estimate of drug-likeness (QED) is 0.770. The summed E-state index contributed by atoms with van der Waals surface area (Å²) in [7, 11) is 1.89. The second kappa shape index (κ2) is 5.20. The van der Waals surface area contributed by atoms with Crippen molar-refractivity contribution in [2.75, 3.05) is 24.2 Å². The maximum Gasteiger partial charge on any atom is 0.136 e. The number of hydrogen-bond donors (Lipinski definition) is 3. The van der Waals surface area contributed by atoms with E-state index in [1.807, 2.05) is 14.0 Å². The van der Waals surface area contributed by atoms with Gasteiger partial charge < -0.3 is 15.7 Å². The van der Waals surface area contributed by atoms with Crippen LogP contribution in [0.15, 0.2) is 0 Å². The van der Waals surface area contributed by atoms with Crippen LogP contribution in [0.2, 0.25) is 0 Å². The molecule has 0 spiro atoms. The van der Waals surface area contributed by atoms with E-state index < -0.39 is 5.60 Å². The van der Waals surface area contributed by atoms with Crippen LogP contribution in [0.1, 0.15) is 55.8 Å². The third kappa shape index (κ3) is 2.73. The fraction of sp³-hybridized carbons (Fsp3) is 0.733. The molecular formula is C15H24N4O. The van der Waals surface area contributed by atoms with E-state index in [0.717, 1.165) is 48.7 Å². The molecule has 0 bridgehead atoms. The molecule has 20 heavy (non-hydrogen) atoms. The third-order valence-corrected chi connectivity index (χ3v) is 4.46. The fourth-order valence-electron chi connectivity index (χ4n) is 2.93. The first-order valence-corrected chi connectivity index (χ1v) is 7.64. The lowest BCUT2D eigenvalue weighted by Crippen LogP contribution is -2.34. The molecule has 2 fully saturated rings. The van der Waals surface area contributed by atoms with Crippen molar-refractivity contribution >= 4 is 11.6 Å². The molecule has 5 heteroatoms. The highest BCUT2D eigenvalue weighted by Gasteiger charge is 2.32. The molecule has 3 N–H and O–H groups in total. The van der Waals surface area contributed by atoms with Crippen molar-refractivity contribution < 1.29 is 5.11 Å². The number of rotatable bonds is 5. The van der Waals surface area contributed by atoms with Crippen LogP contribution in [0.4, 0.5) is 11.6 Å². The minimum Gasteiger partial charge on any atom is -0.388 e. The van der Waals surface area contributed by atoms with Gasteiger partial charge in [0, 0.05) is 25.1 Å². The molecule has 0 unspecified atom stereocenters. The Bertz CT molecular complexity index is 493. The second-order valence-corrected chi connectivity index (χ2v) is 6.21. The van der Waals surface area contributed by atoms with Crippen molar-refractivity contribution in [3.63, 3.8) is 0 Å². The molecule has 0 saturated heterocycles. The molecule has 5 nitrogen and oxygen atoms in total. The zero-order chi connectivity index (χ0) is 14.2. The molecular weight excluding hydrogens is 252 g/mol. The average molecular weight is 276 g/mol. The molecule has 0 amide bonds. The first-order chi connectivity index (χ1) is 9.61. The minimum absolute atomic E-state index is 0.526. The molecule has 2 saturated carbocycles. The van der Waals surface area contributed by atoms with Crippen LogP contribution in [0.25, 0.3) is 0 Å². The van der Waals surface area contributed by atoms with Crippen molar-refractivity contribution in [2.45, 2.75) is 57.0 Å². The SMILES string of the molecule is CNc1nc(C2CC2)nc(NCC2(O)CCCC2)c1C. The summed E-state index contributed by atoms with van der Waals surface area (Å²) >= 11 is 0. The van der Waals surface area contributed by atoms with Gasteiger partial charge in [-0.15, -0.1) is 0 Å². The van der Waals surface area contributed by atoms with Gasteiger partial charge in [0.2, 0.25) is 0 Å². The molecule has 1 aromatic heterocycles. The van der Waals surface area contributed by atoms with Gasteiger partial charge in [-0.05, 0) is 32.6 Å². The summed E-state index contributed by atoms with van der Waals surface area (Å²) < 4.78 is 0. The lowest BCUT2D eigenvalue weighted by Gasteiger charge is -2.23. The van der Waals surface area contributed by atoms with Gasteiger partial charge in [-0.1, -0.05) is 12.8 Å². The Hall–Kier alpha value is -1.36. The first kappa shape index (κ1) is 13.6. The van der Waals surface area contributed by atoms with Crippen LogP contribution in [-0.4, -0.2) is 34.3 Å². The molecule has 0 radical (unpaired) electrons. The van der Waals surface area contributed by atoms with Gasteiger partial charge in [0.25, 0.3) is 0 Å². The van der Waals surface area contributed by atoms with Gasteiger partial charge in [0.15, 0.2) is 0 Å². The van der Waals surface area contributed by atoms with E-state index in [9.17, 15) is 5.11 Å². The summed E-state index contributed by atoms with van der Waals surface area (Å²) in [5, 5.41) is 16.9. The van der Waals surface area contributed by atoms with Crippen LogP contribution < -0.4 is 10.6 Å². The van der Waals surface area contributed by atoms with E-state index in [1.165, 1.54) is 12.8 Å². The summed E-state index contributed by atoms with van der Waals surface area (Å²) in [5.41, 5.74) is 0.468. The molecule has 1 heterocycles. The van der Waals surface area contributed by atoms with Crippen molar-refractivity contribution in [3.8, 4) is 0 Å². The van der Waals surface area contributed by atoms with E-state index in [-0.39, 0.29) is 0 Å². The predicted molar refractivity (Wildman–Crippen MR) is 80.2 cm³/mol. The Labute approximate surface area is 120 Å². The van der Waals surface area contributed by atoms with Crippen molar-refractivity contribution in [1.82, 2.24) is 9.97 Å². The Morgan fingerprint density at radius 3 is 2.45 bits per heavy atom. The summed E-state index contributed by atoms with van der Waals surface area (Å²) in [6.07, 6.45) is 6.40. The minimum atomic E-state index is -0.559. The Kier molecular flexibility index (Phi) is 3.54. The maximum atomic E-state index is 10.4. The number of nitrogens with zero attached hydrogens (tertiary/aromatic N) is 2. The molecule has 0 atom stereocenters. The van der Waals surface area contributed by atoms with Gasteiger partial charge in [-0.2, -0.15) is 0 Å². The standard InChI is InChI=1S/C15H24N4O/c1-10-12(16-2)18-14(11-5-6-11)19-13(10)17-9-15(20)7-3-4-8-15/h11,20H,3-9H2,1-2H3,(H2,16,17,18,19). The van der Waals surface area contributed by atoms with E-state index in [4.69, 9.17) is 0 Å². The van der Waals surface area contributed by atoms with Crippen molar-refractivity contribution in [1.29, 1.82) is 0 Å². The van der Waals surface area contributed by atoms with E-state index >= 15 is 0 Å². The Morgan fingerprint density at radius 2 is 1.85 bits per heavy atom. The summed E-state index contributed by atoms with van der Waals surface area (Å²) in [6.45, 7) is 2.60. The van der Waals surface area contributed by atoms with Crippen LogP contribution in [0.5, 0.6) is 0 Å². The van der Waals surface area contributed by atoms with Crippen LogP contribution in [-0.2, 0) is 0 Å². The lowest BCUT2D eigenvalue weighted by atomic mass is 10.0. The topological polar surface area (TPSA) is 70.1 Å². The lowest BCUT2D eigenvalue weighted by molar-refractivity contribution is 0.0614. The Morgan fingerprint density at radius 1 is 1.20 bits per heavy atom. The van der Waals surface area contributed by atoms with Gasteiger partial charge >= 0.3 is 0 Å². The molecule has 1 aromatic rings. The molecule has 0 aliphatic heterocycles. The largest absolute Gasteiger partial charge is 0.388 e. The summed E-state index contributed by atoms with van der Waals surface area (Å²) in [4.78, 5) is 9.25. The monoisotopic (exact) mass is 276 g/mol. The van der Waals surface area contributed by atoms with Gasteiger partial charge in [0.1, 0.15) is 17.5 Å². The van der Waals surface area contributed by atoms with Crippen LogP contribution in [0, 0.1) is 6.92 Å². The van der Waals surface area contributed by atoms with Gasteiger partial charge in [-0.3, -0.25) is 0 Å². The molecule has 3 rings (SSSR count). The van der Waals surface area contributed by atoms with Crippen molar-refractivity contribution in [3.05, 3.63) is 11.4 Å². The maximum absolute atomic E-state index is 10.4. The average Bonchev–Trinajstić information content (AvgIpc) is 3.20. The van der Waals surface area contributed by atoms with Crippen molar-refractivity contribution in [2.24, 2.45) is 0 Å². The molecule has 2 aliphatic carbocycles. The molecule has 110 valence electrons. The fourth-order valence-corrected chi connectivity index (χ4v) is 2.93. The summed E-state index contributed by atoms with van der Waals surface area (Å²) in [6, 6.07) is 0. The van der Waals surface area contributed by atoms with E-state index in [0.29, 0.717) is 12.5 Å². The number of hydrogen-bond acceptors (Lipinski definition) is 5. The first-order valence-electron chi connectivity index (χ1n) is 7.64. The van der Waals surface area contributed by atoms with Crippen LogP contribution >= 0.6 is 0 Å². The summed E-state index contributed by atoms with van der Waals surface area (Å²) in [5.74, 6) is 3.22. The highest BCUT2D eigenvalue weighted by atomic mass is 16.3. The molecule has 0 aromatic carbocycles. The van der Waals surface area contributed by atoms with Crippen LogP contribution in [0.3, 0.4) is 0 Å².